The molecular weight excluding hydrogens is 384 g/mol. The molecule has 0 saturated heterocycles. The van der Waals surface area contributed by atoms with Gasteiger partial charge in [0, 0.05) is 25.7 Å². The van der Waals surface area contributed by atoms with Crippen molar-refractivity contribution in [3.05, 3.63) is 47.5 Å². The maximum Gasteiger partial charge on any atom is 0.387 e. The van der Waals surface area contributed by atoms with Gasteiger partial charge in [-0.1, -0.05) is 18.2 Å². The van der Waals surface area contributed by atoms with Crippen LogP contribution in [0, 0.1) is 0 Å². The highest BCUT2D eigenvalue weighted by Gasteiger charge is 2.14. The Bertz CT molecular complexity index is 806. The number of para-hydroxylation sites is 1. The van der Waals surface area contributed by atoms with E-state index in [9.17, 15) is 8.78 Å². The summed E-state index contributed by atoms with van der Waals surface area (Å²) in [5.41, 5.74) is 1.47. The van der Waals surface area contributed by atoms with Crippen molar-refractivity contribution in [3.8, 4) is 23.0 Å². The van der Waals surface area contributed by atoms with Gasteiger partial charge in [0.25, 0.3) is 0 Å². The zero-order chi connectivity index (χ0) is 21.2. The summed E-state index contributed by atoms with van der Waals surface area (Å²) in [7, 11) is 6.26. The number of benzene rings is 2. The Morgan fingerprint density at radius 1 is 0.931 bits per heavy atom. The predicted molar refractivity (Wildman–Crippen MR) is 106 cm³/mol. The molecule has 0 fully saturated rings. The van der Waals surface area contributed by atoms with Crippen LogP contribution in [-0.4, -0.2) is 40.9 Å². The van der Waals surface area contributed by atoms with Gasteiger partial charge in [0.05, 0.1) is 21.3 Å². The number of halogens is 2. The molecule has 0 aliphatic heterocycles. The Morgan fingerprint density at radius 3 is 2.10 bits per heavy atom. The van der Waals surface area contributed by atoms with Gasteiger partial charge in [-0.05, 0) is 23.8 Å². The number of hydrogen-bond acceptors (Lipinski definition) is 5. The molecule has 2 aromatic carbocycles. The molecule has 0 radical (unpaired) electrons. The van der Waals surface area contributed by atoms with Crippen LogP contribution >= 0.6 is 0 Å². The van der Waals surface area contributed by atoms with Crippen LogP contribution in [-0.2, 0) is 13.1 Å². The Balaban J connectivity index is 2.03. The summed E-state index contributed by atoms with van der Waals surface area (Å²) in [5.74, 6) is 2.21. The van der Waals surface area contributed by atoms with Crippen molar-refractivity contribution >= 4 is 5.96 Å². The third kappa shape index (κ3) is 6.13. The molecule has 0 spiro atoms. The number of methoxy groups -OCH3 is 3. The average Bonchev–Trinajstić information content (AvgIpc) is 2.73. The molecule has 0 heterocycles. The van der Waals surface area contributed by atoms with E-state index in [1.807, 2.05) is 12.1 Å². The number of ether oxygens (including phenoxy) is 4. The Labute approximate surface area is 168 Å². The van der Waals surface area contributed by atoms with Crippen molar-refractivity contribution in [2.24, 2.45) is 4.99 Å². The molecule has 0 bridgehead atoms. The second kappa shape index (κ2) is 10.9. The average molecular weight is 409 g/mol. The number of nitrogens with zero attached hydrogens (tertiary/aromatic N) is 1. The van der Waals surface area contributed by atoms with Gasteiger partial charge in [-0.2, -0.15) is 8.78 Å². The van der Waals surface area contributed by atoms with E-state index in [0.717, 1.165) is 5.56 Å². The van der Waals surface area contributed by atoms with E-state index < -0.39 is 6.61 Å². The quantitative estimate of drug-likeness (QED) is 0.490. The Morgan fingerprint density at radius 2 is 1.55 bits per heavy atom. The summed E-state index contributed by atoms with van der Waals surface area (Å²) < 4.78 is 45.6. The lowest BCUT2D eigenvalue weighted by molar-refractivity contribution is -0.0504. The second-order valence-corrected chi connectivity index (χ2v) is 5.80. The highest BCUT2D eigenvalue weighted by atomic mass is 19.3. The molecule has 9 heteroatoms. The molecular formula is C20H25F2N3O4. The maximum atomic E-state index is 12.5. The van der Waals surface area contributed by atoms with Crippen molar-refractivity contribution < 1.29 is 27.7 Å². The van der Waals surface area contributed by atoms with Gasteiger partial charge in [-0.25, -0.2) is 0 Å². The minimum absolute atomic E-state index is 0.120. The molecule has 0 amide bonds. The van der Waals surface area contributed by atoms with Crippen LogP contribution in [0.1, 0.15) is 11.1 Å². The first-order valence-electron chi connectivity index (χ1n) is 8.78. The highest BCUT2D eigenvalue weighted by Crippen LogP contribution is 2.38. The monoisotopic (exact) mass is 409 g/mol. The minimum atomic E-state index is -2.88. The van der Waals surface area contributed by atoms with Gasteiger partial charge in [0.2, 0.25) is 5.75 Å². The first-order valence-corrected chi connectivity index (χ1v) is 8.78. The lowest BCUT2D eigenvalue weighted by Gasteiger charge is -2.16. The summed E-state index contributed by atoms with van der Waals surface area (Å²) in [6.45, 7) is -2.20. The van der Waals surface area contributed by atoms with Gasteiger partial charge < -0.3 is 29.6 Å². The van der Waals surface area contributed by atoms with Gasteiger partial charge in [-0.15, -0.1) is 0 Å². The van der Waals surface area contributed by atoms with Crippen LogP contribution in [0.25, 0.3) is 0 Å². The van der Waals surface area contributed by atoms with Crippen molar-refractivity contribution in [1.29, 1.82) is 0 Å². The van der Waals surface area contributed by atoms with Gasteiger partial charge in [0.15, 0.2) is 17.5 Å². The first kappa shape index (κ1) is 22.1. The fourth-order valence-electron chi connectivity index (χ4n) is 2.68. The fourth-order valence-corrected chi connectivity index (χ4v) is 2.68. The Hall–Kier alpha value is -3.23. The SMILES string of the molecule is CN=C(NCc1cc(OC)c(OC)c(OC)c1)NCc1ccccc1OC(F)F. The van der Waals surface area contributed by atoms with Crippen LogP contribution in [0.3, 0.4) is 0 Å². The fraction of sp³-hybridized carbons (Fsp3) is 0.350. The standard InChI is InChI=1S/C20H25F2N3O4/c1-23-20(25-12-14-7-5-6-8-15(14)29-19(21)22)24-11-13-9-16(26-2)18(28-4)17(10-13)27-3/h5-10,19H,11-12H2,1-4H3,(H2,23,24,25). The van der Waals surface area contributed by atoms with Gasteiger partial charge in [0.1, 0.15) is 5.75 Å². The van der Waals surface area contributed by atoms with Crippen molar-refractivity contribution in [1.82, 2.24) is 10.6 Å². The molecule has 0 atom stereocenters. The molecule has 0 saturated carbocycles. The first-order chi connectivity index (χ1) is 14.0. The van der Waals surface area contributed by atoms with Crippen molar-refractivity contribution in [2.45, 2.75) is 19.7 Å². The number of hydrogen-bond donors (Lipinski definition) is 2. The maximum absolute atomic E-state index is 12.5. The van der Waals surface area contributed by atoms with E-state index in [1.165, 1.54) is 6.07 Å². The van der Waals surface area contributed by atoms with E-state index in [2.05, 4.69) is 20.4 Å². The molecule has 0 unspecified atom stereocenters. The zero-order valence-electron chi connectivity index (χ0n) is 16.8. The summed E-state index contributed by atoms with van der Waals surface area (Å²) in [6, 6.07) is 10.2. The molecule has 29 heavy (non-hydrogen) atoms. The predicted octanol–water partition coefficient (Wildman–Crippen LogP) is 3.18. The number of nitrogens with one attached hydrogen (secondary N) is 2. The number of alkyl halides is 2. The third-order valence-electron chi connectivity index (χ3n) is 4.04. The normalized spacial score (nSPS) is 11.2. The van der Waals surface area contributed by atoms with Crippen molar-refractivity contribution in [2.75, 3.05) is 28.4 Å². The molecule has 0 aliphatic rings. The lowest BCUT2D eigenvalue weighted by Crippen LogP contribution is -2.36. The molecule has 2 aromatic rings. The van der Waals surface area contributed by atoms with E-state index in [4.69, 9.17) is 14.2 Å². The molecule has 0 aliphatic carbocycles. The molecule has 2 N–H and O–H groups in total. The molecule has 0 aromatic heterocycles. The third-order valence-corrected chi connectivity index (χ3v) is 4.04. The smallest absolute Gasteiger partial charge is 0.387 e. The number of rotatable bonds is 9. The van der Waals surface area contributed by atoms with E-state index in [-0.39, 0.29) is 12.3 Å². The zero-order valence-corrected chi connectivity index (χ0v) is 16.8. The van der Waals surface area contributed by atoms with E-state index in [0.29, 0.717) is 35.3 Å². The molecule has 7 nitrogen and oxygen atoms in total. The van der Waals surface area contributed by atoms with E-state index >= 15 is 0 Å². The summed E-state index contributed by atoms with van der Waals surface area (Å²) in [6.07, 6.45) is 0. The summed E-state index contributed by atoms with van der Waals surface area (Å²) >= 11 is 0. The Kier molecular flexibility index (Phi) is 8.32. The van der Waals surface area contributed by atoms with Crippen LogP contribution < -0.4 is 29.6 Å². The molecule has 2 rings (SSSR count). The topological polar surface area (TPSA) is 73.3 Å². The van der Waals surface area contributed by atoms with Crippen LogP contribution in [0.15, 0.2) is 41.4 Å². The van der Waals surface area contributed by atoms with Crippen molar-refractivity contribution in [3.63, 3.8) is 0 Å². The summed E-state index contributed by atoms with van der Waals surface area (Å²) in [4.78, 5) is 4.15. The number of guanidine groups is 1. The minimum Gasteiger partial charge on any atom is -0.493 e. The van der Waals surface area contributed by atoms with Crippen LogP contribution in [0.4, 0.5) is 8.78 Å². The van der Waals surface area contributed by atoms with Crippen LogP contribution in [0.2, 0.25) is 0 Å². The van der Waals surface area contributed by atoms with Crippen LogP contribution in [0.5, 0.6) is 23.0 Å². The second-order valence-electron chi connectivity index (χ2n) is 5.80. The van der Waals surface area contributed by atoms with Gasteiger partial charge in [-0.3, -0.25) is 4.99 Å². The summed E-state index contributed by atoms with van der Waals surface area (Å²) in [5, 5.41) is 6.23. The van der Waals surface area contributed by atoms with Gasteiger partial charge >= 0.3 is 6.61 Å². The highest BCUT2D eigenvalue weighted by molar-refractivity contribution is 5.79. The lowest BCUT2D eigenvalue weighted by atomic mass is 10.1. The van der Waals surface area contributed by atoms with E-state index in [1.54, 1.807) is 46.6 Å². The number of aliphatic imine (C=N–C) groups is 1. The largest absolute Gasteiger partial charge is 0.493 e. The molecule has 158 valence electrons.